The SMILES string of the molecule is CCc1cc2c(=O)n(C)c(C)nc2s1. The standard InChI is InChI=1S/C10H12N2OS/c1-4-7-5-8-9(14-7)11-6(2)12(3)10(8)13/h5H,4H2,1-3H3. The molecule has 2 aromatic rings. The summed E-state index contributed by atoms with van der Waals surface area (Å²) in [6, 6.07) is 1.95. The van der Waals surface area contributed by atoms with E-state index < -0.39 is 0 Å². The molecule has 0 radical (unpaired) electrons. The maximum Gasteiger partial charge on any atom is 0.262 e. The molecule has 0 N–H and O–H groups in total. The maximum absolute atomic E-state index is 11.8. The van der Waals surface area contributed by atoms with Crippen LogP contribution >= 0.6 is 11.3 Å². The topological polar surface area (TPSA) is 34.9 Å². The highest BCUT2D eigenvalue weighted by molar-refractivity contribution is 7.18. The third-order valence-corrected chi connectivity index (χ3v) is 3.57. The van der Waals surface area contributed by atoms with E-state index in [0.29, 0.717) is 0 Å². The summed E-state index contributed by atoms with van der Waals surface area (Å²) in [4.78, 5) is 18.3. The van der Waals surface area contributed by atoms with Gasteiger partial charge in [-0.15, -0.1) is 11.3 Å². The van der Waals surface area contributed by atoms with Gasteiger partial charge in [-0.2, -0.15) is 0 Å². The smallest absolute Gasteiger partial charge is 0.262 e. The van der Waals surface area contributed by atoms with Gasteiger partial charge in [0, 0.05) is 11.9 Å². The summed E-state index contributed by atoms with van der Waals surface area (Å²) >= 11 is 1.61. The second-order valence-corrected chi connectivity index (χ2v) is 4.42. The Bertz CT molecular complexity index is 539. The van der Waals surface area contributed by atoms with Gasteiger partial charge in [0.05, 0.1) is 5.39 Å². The van der Waals surface area contributed by atoms with Crippen LogP contribution in [0.25, 0.3) is 10.2 Å². The van der Waals surface area contributed by atoms with Gasteiger partial charge in [-0.05, 0) is 19.4 Å². The Kier molecular flexibility index (Phi) is 2.15. The summed E-state index contributed by atoms with van der Waals surface area (Å²) in [5, 5.41) is 0.750. The molecule has 0 unspecified atom stereocenters. The molecule has 0 saturated heterocycles. The highest BCUT2D eigenvalue weighted by Gasteiger charge is 2.08. The van der Waals surface area contributed by atoms with Crippen LogP contribution in [0.3, 0.4) is 0 Å². The van der Waals surface area contributed by atoms with Crippen LogP contribution in [0.2, 0.25) is 0 Å². The molecule has 2 aromatic heterocycles. The second-order valence-electron chi connectivity index (χ2n) is 3.31. The molecule has 0 aromatic carbocycles. The summed E-state index contributed by atoms with van der Waals surface area (Å²) < 4.78 is 1.59. The minimum Gasteiger partial charge on any atom is -0.299 e. The number of nitrogens with zero attached hydrogens (tertiary/aromatic N) is 2. The number of fused-ring (bicyclic) bond motifs is 1. The lowest BCUT2D eigenvalue weighted by molar-refractivity contribution is 0.794. The second kappa shape index (κ2) is 3.20. The third kappa shape index (κ3) is 1.26. The van der Waals surface area contributed by atoms with E-state index in [1.807, 2.05) is 13.0 Å². The highest BCUT2D eigenvalue weighted by atomic mass is 32.1. The minimum atomic E-state index is 0.0588. The average molecular weight is 208 g/mol. The molecule has 0 aliphatic carbocycles. The number of aromatic nitrogens is 2. The van der Waals surface area contributed by atoms with Gasteiger partial charge in [-0.1, -0.05) is 6.92 Å². The van der Waals surface area contributed by atoms with Crippen LogP contribution in [-0.4, -0.2) is 9.55 Å². The molecular formula is C10H12N2OS. The van der Waals surface area contributed by atoms with Gasteiger partial charge < -0.3 is 0 Å². The molecule has 2 rings (SSSR count). The molecule has 2 heterocycles. The first-order chi connectivity index (χ1) is 6.63. The van der Waals surface area contributed by atoms with E-state index >= 15 is 0 Å². The first kappa shape index (κ1) is 9.40. The number of rotatable bonds is 1. The molecular weight excluding hydrogens is 196 g/mol. The number of hydrogen-bond acceptors (Lipinski definition) is 3. The number of hydrogen-bond donors (Lipinski definition) is 0. The first-order valence-corrected chi connectivity index (χ1v) is 5.41. The molecule has 4 heteroatoms. The fourth-order valence-electron chi connectivity index (χ4n) is 1.39. The van der Waals surface area contributed by atoms with Crippen LogP contribution in [0.15, 0.2) is 10.9 Å². The fraction of sp³-hybridized carbons (Fsp3) is 0.400. The molecule has 0 aliphatic rings. The zero-order valence-corrected chi connectivity index (χ0v) is 9.31. The molecule has 0 aliphatic heterocycles. The molecule has 0 fully saturated rings. The number of aryl methyl sites for hydroxylation is 2. The maximum atomic E-state index is 11.8. The van der Waals surface area contributed by atoms with Crippen LogP contribution in [0.5, 0.6) is 0 Å². The largest absolute Gasteiger partial charge is 0.299 e. The lowest BCUT2D eigenvalue weighted by atomic mass is 10.3. The van der Waals surface area contributed by atoms with Crippen LogP contribution in [0.4, 0.5) is 0 Å². The lowest BCUT2D eigenvalue weighted by Crippen LogP contribution is -2.19. The molecule has 0 amide bonds. The molecule has 0 saturated carbocycles. The lowest BCUT2D eigenvalue weighted by Gasteiger charge is -2.00. The predicted molar refractivity (Wildman–Crippen MR) is 59.0 cm³/mol. The monoisotopic (exact) mass is 208 g/mol. The van der Waals surface area contributed by atoms with E-state index in [1.54, 1.807) is 23.0 Å². The highest BCUT2D eigenvalue weighted by Crippen LogP contribution is 2.21. The summed E-state index contributed by atoms with van der Waals surface area (Å²) in [6.45, 7) is 3.94. The van der Waals surface area contributed by atoms with Crippen molar-refractivity contribution in [3.05, 3.63) is 27.1 Å². The Balaban J connectivity index is 2.88. The molecule has 14 heavy (non-hydrogen) atoms. The van der Waals surface area contributed by atoms with Gasteiger partial charge in [-0.3, -0.25) is 9.36 Å². The Morgan fingerprint density at radius 1 is 1.57 bits per heavy atom. The van der Waals surface area contributed by atoms with Crippen molar-refractivity contribution in [3.8, 4) is 0 Å². The Hall–Kier alpha value is -1.16. The zero-order valence-electron chi connectivity index (χ0n) is 8.50. The first-order valence-electron chi connectivity index (χ1n) is 4.59. The molecule has 3 nitrogen and oxygen atoms in total. The van der Waals surface area contributed by atoms with Gasteiger partial charge in [0.2, 0.25) is 0 Å². The van der Waals surface area contributed by atoms with Crippen molar-refractivity contribution in [1.29, 1.82) is 0 Å². The van der Waals surface area contributed by atoms with Gasteiger partial charge in [0.1, 0.15) is 10.7 Å². The third-order valence-electron chi connectivity index (χ3n) is 2.40. The van der Waals surface area contributed by atoms with Crippen LogP contribution in [0, 0.1) is 6.92 Å². The predicted octanol–water partition coefficient (Wildman–Crippen LogP) is 1.87. The summed E-state index contributed by atoms with van der Waals surface area (Å²) in [6.07, 6.45) is 0.962. The Morgan fingerprint density at radius 3 is 2.93 bits per heavy atom. The van der Waals surface area contributed by atoms with Crippen LogP contribution in [0.1, 0.15) is 17.6 Å². The van der Waals surface area contributed by atoms with Crippen LogP contribution < -0.4 is 5.56 Å². The zero-order chi connectivity index (χ0) is 10.3. The van der Waals surface area contributed by atoms with E-state index in [1.165, 1.54) is 4.88 Å². The van der Waals surface area contributed by atoms with Gasteiger partial charge >= 0.3 is 0 Å². The Labute approximate surface area is 86.0 Å². The van der Waals surface area contributed by atoms with Gasteiger partial charge in [-0.25, -0.2) is 4.98 Å². The van der Waals surface area contributed by atoms with E-state index in [2.05, 4.69) is 11.9 Å². The summed E-state index contributed by atoms with van der Waals surface area (Å²) in [5.41, 5.74) is 0.0588. The van der Waals surface area contributed by atoms with Crippen molar-refractivity contribution in [2.24, 2.45) is 7.05 Å². The van der Waals surface area contributed by atoms with Crippen molar-refractivity contribution in [2.75, 3.05) is 0 Å². The normalized spacial score (nSPS) is 11.1. The van der Waals surface area contributed by atoms with E-state index in [0.717, 1.165) is 22.5 Å². The molecule has 0 spiro atoms. The molecule has 0 bridgehead atoms. The summed E-state index contributed by atoms with van der Waals surface area (Å²) in [5.74, 6) is 0.770. The van der Waals surface area contributed by atoms with Crippen molar-refractivity contribution in [3.63, 3.8) is 0 Å². The van der Waals surface area contributed by atoms with Gasteiger partial charge in [0.15, 0.2) is 0 Å². The van der Waals surface area contributed by atoms with Gasteiger partial charge in [0.25, 0.3) is 5.56 Å². The van der Waals surface area contributed by atoms with Crippen molar-refractivity contribution < 1.29 is 0 Å². The van der Waals surface area contributed by atoms with Crippen LogP contribution in [-0.2, 0) is 13.5 Å². The summed E-state index contributed by atoms with van der Waals surface area (Å²) in [7, 11) is 1.76. The average Bonchev–Trinajstić information content (AvgIpc) is 2.57. The van der Waals surface area contributed by atoms with Crippen molar-refractivity contribution in [2.45, 2.75) is 20.3 Å². The minimum absolute atomic E-state index is 0.0588. The van der Waals surface area contributed by atoms with Crippen molar-refractivity contribution >= 4 is 21.6 Å². The Morgan fingerprint density at radius 2 is 2.29 bits per heavy atom. The van der Waals surface area contributed by atoms with E-state index in [-0.39, 0.29) is 5.56 Å². The molecule has 0 atom stereocenters. The fourth-order valence-corrected chi connectivity index (χ4v) is 2.39. The number of thiophene rings is 1. The van der Waals surface area contributed by atoms with E-state index in [9.17, 15) is 4.79 Å². The molecule has 74 valence electrons. The van der Waals surface area contributed by atoms with Crippen molar-refractivity contribution in [1.82, 2.24) is 9.55 Å². The van der Waals surface area contributed by atoms with E-state index in [4.69, 9.17) is 0 Å². The quantitative estimate of drug-likeness (QED) is 0.717.